The molecule has 0 spiro atoms. The minimum absolute atomic E-state index is 0.185. The molecule has 1 amide bonds. The highest BCUT2D eigenvalue weighted by atomic mass is 16.5. The van der Waals surface area contributed by atoms with Crippen LogP contribution >= 0.6 is 0 Å². The summed E-state index contributed by atoms with van der Waals surface area (Å²) in [7, 11) is 3.34. The number of hydrogen-bond acceptors (Lipinski definition) is 5. The molecule has 30 heavy (non-hydrogen) atoms. The summed E-state index contributed by atoms with van der Waals surface area (Å²) >= 11 is 0. The van der Waals surface area contributed by atoms with Crippen LogP contribution in [0.25, 0.3) is 0 Å². The molecule has 168 valence electrons. The van der Waals surface area contributed by atoms with Crippen molar-refractivity contribution in [3.63, 3.8) is 0 Å². The van der Waals surface area contributed by atoms with Crippen LogP contribution in [-0.2, 0) is 11.3 Å². The number of methoxy groups -OCH3 is 2. The van der Waals surface area contributed by atoms with E-state index in [4.69, 9.17) is 9.47 Å². The molecule has 1 N–H and O–H groups in total. The first-order chi connectivity index (χ1) is 14.4. The zero-order chi connectivity index (χ0) is 21.7. The van der Waals surface area contributed by atoms with Crippen molar-refractivity contribution in [2.24, 2.45) is 11.8 Å². The third-order valence-electron chi connectivity index (χ3n) is 7.12. The molecule has 3 atom stereocenters. The van der Waals surface area contributed by atoms with Crippen LogP contribution in [0.2, 0.25) is 0 Å². The minimum atomic E-state index is 0.185. The number of piperazine rings is 1. The number of amides is 1. The van der Waals surface area contributed by atoms with Crippen molar-refractivity contribution < 1.29 is 14.3 Å². The summed E-state index contributed by atoms with van der Waals surface area (Å²) in [6.07, 6.45) is 3.63. The molecule has 6 heteroatoms. The number of carbonyl (C=O) groups is 1. The summed E-state index contributed by atoms with van der Waals surface area (Å²) < 4.78 is 10.9. The van der Waals surface area contributed by atoms with Crippen LogP contribution in [0.4, 0.5) is 0 Å². The molecule has 1 saturated carbocycles. The number of ether oxygens (including phenoxy) is 2. The van der Waals surface area contributed by atoms with Gasteiger partial charge >= 0.3 is 0 Å². The second-order valence-corrected chi connectivity index (χ2v) is 9.13. The largest absolute Gasteiger partial charge is 0.493 e. The maximum absolute atomic E-state index is 12.6. The van der Waals surface area contributed by atoms with E-state index in [2.05, 4.69) is 42.0 Å². The monoisotopic (exact) mass is 417 g/mol. The summed E-state index contributed by atoms with van der Waals surface area (Å²) in [5.41, 5.74) is 2.48. The highest BCUT2D eigenvalue weighted by Gasteiger charge is 2.29. The lowest BCUT2D eigenvalue weighted by Gasteiger charge is -2.37. The second kappa shape index (κ2) is 10.5. The smallest absolute Gasteiger partial charge is 0.234 e. The number of carbonyl (C=O) groups excluding carboxylic acids is 1. The van der Waals surface area contributed by atoms with E-state index in [0.29, 0.717) is 24.4 Å². The molecule has 3 rings (SSSR count). The van der Waals surface area contributed by atoms with Crippen molar-refractivity contribution in [1.29, 1.82) is 0 Å². The SMILES string of the molecule is COc1cc(C)c(CN2CCN(CC(=O)N[C@@H]3CCC[C@H](C)[C@@H]3C)CC2)cc1OC. The summed E-state index contributed by atoms with van der Waals surface area (Å²) in [6, 6.07) is 4.47. The molecule has 1 aromatic carbocycles. The van der Waals surface area contributed by atoms with E-state index in [1.807, 2.05) is 6.07 Å². The Hall–Kier alpha value is -1.79. The quantitative estimate of drug-likeness (QED) is 0.739. The predicted molar refractivity (Wildman–Crippen MR) is 120 cm³/mol. The molecule has 1 aliphatic carbocycles. The fourth-order valence-corrected chi connectivity index (χ4v) is 4.78. The van der Waals surface area contributed by atoms with E-state index in [-0.39, 0.29) is 5.91 Å². The number of nitrogens with one attached hydrogen (secondary N) is 1. The van der Waals surface area contributed by atoms with Gasteiger partial charge in [0.25, 0.3) is 0 Å². The average Bonchev–Trinajstić information content (AvgIpc) is 2.74. The lowest BCUT2D eigenvalue weighted by atomic mass is 9.78. The fraction of sp³-hybridized carbons (Fsp3) is 0.708. The van der Waals surface area contributed by atoms with Crippen molar-refractivity contribution in [3.05, 3.63) is 23.3 Å². The third kappa shape index (κ3) is 5.67. The van der Waals surface area contributed by atoms with Crippen LogP contribution in [0, 0.1) is 18.8 Å². The van der Waals surface area contributed by atoms with Gasteiger partial charge in [0.1, 0.15) is 0 Å². The number of benzene rings is 1. The average molecular weight is 418 g/mol. The van der Waals surface area contributed by atoms with Crippen molar-refractivity contribution in [3.8, 4) is 11.5 Å². The second-order valence-electron chi connectivity index (χ2n) is 9.13. The fourth-order valence-electron chi connectivity index (χ4n) is 4.78. The standard InChI is InChI=1S/C24H39N3O3/c1-17-7-6-8-21(19(17)3)25-24(28)16-27-11-9-26(10-12-27)15-20-14-23(30-5)22(29-4)13-18(20)2/h13-14,17,19,21H,6-12,15-16H2,1-5H3,(H,25,28)/t17-,19-,21+/m0/s1. The Kier molecular flexibility index (Phi) is 8.00. The van der Waals surface area contributed by atoms with E-state index in [0.717, 1.165) is 50.6 Å². The molecule has 2 aliphatic rings. The van der Waals surface area contributed by atoms with Gasteiger partial charge < -0.3 is 14.8 Å². The number of hydrogen-bond donors (Lipinski definition) is 1. The molecule has 2 fully saturated rings. The molecule has 0 bridgehead atoms. The molecule has 1 aliphatic heterocycles. The summed E-state index contributed by atoms with van der Waals surface area (Å²) in [5.74, 6) is 3.01. The zero-order valence-corrected chi connectivity index (χ0v) is 19.4. The minimum Gasteiger partial charge on any atom is -0.493 e. The van der Waals surface area contributed by atoms with E-state index >= 15 is 0 Å². The maximum Gasteiger partial charge on any atom is 0.234 e. The number of nitrogens with zero attached hydrogens (tertiary/aromatic N) is 2. The lowest BCUT2D eigenvalue weighted by molar-refractivity contribution is -0.124. The molecular formula is C24H39N3O3. The molecular weight excluding hydrogens is 378 g/mol. The van der Waals surface area contributed by atoms with Crippen LogP contribution in [0.5, 0.6) is 11.5 Å². The van der Waals surface area contributed by atoms with Gasteiger partial charge in [0.05, 0.1) is 20.8 Å². The first-order valence-corrected chi connectivity index (χ1v) is 11.4. The molecule has 6 nitrogen and oxygen atoms in total. The molecule has 0 unspecified atom stereocenters. The van der Waals surface area contributed by atoms with E-state index < -0.39 is 0 Å². The Labute approximate surface area is 181 Å². The summed E-state index contributed by atoms with van der Waals surface area (Å²) in [6.45, 7) is 11.9. The van der Waals surface area contributed by atoms with E-state index in [1.165, 1.54) is 24.0 Å². The van der Waals surface area contributed by atoms with Crippen molar-refractivity contribution >= 4 is 5.91 Å². The molecule has 1 aromatic rings. The first kappa shape index (κ1) is 22.9. The van der Waals surface area contributed by atoms with Crippen LogP contribution < -0.4 is 14.8 Å². The maximum atomic E-state index is 12.6. The lowest BCUT2D eigenvalue weighted by Crippen LogP contribution is -2.51. The van der Waals surface area contributed by atoms with Crippen LogP contribution in [0.1, 0.15) is 44.2 Å². The Balaban J connectivity index is 1.46. The molecule has 1 heterocycles. The van der Waals surface area contributed by atoms with Crippen molar-refractivity contribution in [1.82, 2.24) is 15.1 Å². The van der Waals surface area contributed by atoms with Gasteiger partial charge in [0.15, 0.2) is 11.5 Å². The van der Waals surface area contributed by atoms with Gasteiger partial charge in [-0.3, -0.25) is 14.6 Å². The highest BCUT2D eigenvalue weighted by molar-refractivity contribution is 5.78. The zero-order valence-electron chi connectivity index (χ0n) is 19.4. The topological polar surface area (TPSA) is 54.0 Å². The Morgan fingerprint density at radius 1 is 1.03 bits per heavy atom. The number of rotatable bonds is 7. The van der Waals surface area contributed by atoms with Gasteiger partial charge in [-0.05, 0) is 48.4 Å². The van der Waals surface area contributed by atoms with Gasteiger partial charge in [0, 0.05) is 38.8 Å². The van der Waals surface area contributed by atoms with Crippen molar-refractivity contribution in [2.45, 2.75) is 52.6 Å². The first-order valence-electron chi connectivity index (χ1n) is 11.4. The van der Waals surface area contributed by atoms with Gasteiger partial charge in [-0.1, -0.05) is 26.7 Å². The molecule has 1 saturated heterocycles. The van der Waals surface area contributed by atoms with E-state index in [1.54, 1.807) is 14.2 Å². The summed E-state index contributed by atoms with van der Waals surface area (Å²) in [5, 5.41) is 3.31. The Morgan fingerprint density at radius 2 is 1.67 bits per heavy atom. The Morgan fingerprint density at radius 3 is 2.33 bits per heavy atom. The van der Waals surface area contributed by atoms with Crippen molar-refractivity contribution in [2.75, 3.05) is 46.9 Å². The summed E-state index contributed by atoms with van der Waals surface area (Å²) in [4.78, 5) is 17.3. The number of aryl methyl sites for hydroxylation is 1. The van der Waals surface area contributed by atoms with Gasteiger partial charge in [-0.25, -0.2) is 0 Å². The molecule has 0 aromatic heterocycles. The molecule has 0 radical (unpaired) electrons. The third-order valence-corrected chi connectivity index (χ3v) is 7.12. The van der Waals surface area contributed by atoms with Gasteiger partial charge in [-0.15, -0.1) is 0 Å². The van der Waals surface area contributed by atoms with Crippen LogP contribution in [-0.4, -0.2) is 68.7 Å². The Bertz CT molecular complexity index is 716. The van der Waals surface area contributed by atoms with Crippen LogP contribution in [0.3, 0.4) is 0 Å². The van der Waals surface area contributed by atoms with Crippen LogP contribution in [0.15, 0.2) is 12.1 Å². The predicted octanol–water partition coefficient (Wildman–Crippen LogP) is 3.07. The van der Waals surface area contributed by atoms with Gasteiger partial charge in [-0.2, -0.15) is 0 Å². The normalized spacial score (nSPS) is 25.7. The van der Waals surface area contributed by atoms with E-state index in [9.17, 15) is 4.79 Å². The highest BCUT2D eigenvalue weighted by Crippen LogP contribution is 2.31. The van der Waals surface area contributed by atoms with Gasteiger partial charge in [0.2, 0.25) is 5.91 Å².